The number of nitrogens with zero attached hydrogens (tertiary/aromatic N) is 3. The van der Waals surface area contributed by atoms with Gasteiger partial charge in [0.15, 0.2) is 5.84 Å². The molecule has 35 heavy (non-hydrogen) atoms. The molecule has 186 valence electrons. The third-order valence-corrected chi connectivity index (χ3v) is 5.73. The van der Waals surface area contributed by atoms with Crippen molar-refractivity contribution in [2.45, 2.75) is 25.2 Å². The second kappa shape index (κ2) is 11.7. The van der Waals surface area contributed by atoms with Crippen LogP contribution in [0.5, 0.6) is 5.75 Å². The number of aliphatic imine (C=N–C) groups is 1. The molecular weight excluding hydrogens is 472 g/mol. The number of hydrazine groups is 1. The normalized spacial score (nSPS) is 14.4. The van der Waals surface area contributed by atoms with E-state index < -0.39 is 17.5 Å². The van der Waals surface area contributed by atoms with Crippen LogP contribution < -0.4 is 20.4 Å². The van der Waals surface area contributed by atoms with Gasteiger partial charge in [-0.1, -0.05) is 19.1 Å². The summed E-state index contributed by atoms with van der Waals surface area (Å²) in [5.74, 6) is -1.01. The van der Waals surface area contributed by atoms with Crippen LogP contribution in [0.1, 0.15) is 25.8 Å². The van der Waals surface area contributed by atoms with Crippen LogP contribution in [0.2, 0.25) is 0 Å². The van der Waals surface area contributed by atoms with E-state index in [1.165, 1.54) is 5.01 Å². The zero-order chi connectivity index (χ0) is 25.5. The summed E-state index contributed by atoms with van der Waals surface area (Å²) in [6, 6.07) is 7.95. The zero-order valence-electron chi connectivity index (χ0n) is 20.1. The number of thiol groups is 1. The maximum atomic E-state index is 14.2. The number of nitrogens with one attached hydrogen (secondary N) is 2. The van der Waals surface area contributed by atoms with Gasteiger partial charge in [0.25, 0.3) is 5.91 Å². The Bertz CT molecular complexity index is 1160. The Balaban J connectivity index is 1.90. The summed E-state index contributed by atoms with van der Waals surface area (Å²) in [4.78, 5) is 16.2. The van der Waals surface area contributed by atoms with Gasteiger partial charge < -0.3 is 15.4 Å². The van der Waals surface area contributed by atoms with E-state index in [9.17, 15) is 13.6 Å². The highest BCUT2D eigenvalue weighted by Crippen LogP contribution is 2.28. The molecule has 0 saturated carbocycles. The average molecular weight is 502 g/mol. The summed E-state index contributed by atoms with van der Waals surface area (Å²) in [6.45, 7) is 4.26. The molecule has 2 N–H and O–H groups in total. The topological polar surface area (TPSA) is 69.2 Å². The first-order chi connectivity index (χ1) is 16.8. The van der Waals surface area contributed by atoms with Crippen molar-refractivity contribution in [3.05, 3.63) is 65.5 Å². The van der Waals surface area contributed by atoms with Gasteiger partial charge in [0.05, 0.1) is 23.4 Å². The van der Waals surface area contributed by atoms with E-state index >= 15 is 0 Å². The molecule has 0 saturated heterocycles. The van der Waals surface area contributed by atoms with Crippen LogP contribution in [0.25, 0.3) is 6.08 Å². The molecule has 2 aromatic rings. The molecule has 0 aromatic heterocycles. The van der Waals surface area contributed by atoms with Crippen molar-refractivity contribution in [1.29, 1.82) is 0 Å². The Morgan fingerprint density at radius 1 is 1.23 bits per heavy atom. The fraction of sp³-hybridized carbons (Fsp3) is 0.280. The number of carbonyl (C=O) groups is 1. The fourth-order valence-corrected chi connectivity index (χ4v) is 3.55. The number of hydrogen-bond acceptors (Lipinski definition) is 7. The molecule has 0 unspecified atom stereocenters. The Kier molecular flexibility index (Phi) is 8.75. The minimum absolute atomic E-state index is 0.129. The third-order valence-electron chi connectivity index (χ3n) is 5.30. The van der Waals surface area contributed by atoms with Crippen molar-refractivity contribution in [2.75, 3.05) is 37.6 Å². The number of methoxy groups -OCH3 is 1. The molecule has 1 amide bonds. The largest absolute Gasteiger partial charge is 0.495 e. The highest BCUT2D eigenvalue weighted by atomic mass is 32.1. The van der Waals surface area contributed by atoms with Gasteiger partial charge in [-0.2, -0.15) is 4.99 Å². The lowest BCUT2D eigenvalue weighted by atomic mass is 10.1. The fourth-order valence-electron chi connectivity index (χ4n) is 3.42. The SMILES string of the molecule is CCCN1C(/C=C/c2ccc(N/C=C(/C)NC)c(OC)c2)=NC(=O)CN1c1cc(F)c(S)c(F)c1. The summed E-state index contributed by atoms with van der Waals surface area (Å²) < 4.78 is 33.9. The molecule has 0 fully saturated rings. The summed E-state index contributed by atoms with van der Waals surface area (Å²) in [7, 11) is 3.42. The molecular formula is C25H29F2N5O2S. The number of carbonyl (C=O) groups excluding carboxylic acids is 1. The van der Waals surface area contributed by atoms with Gasteiger partial charge in [0.1, 0.15) is 23.9 Å². The number of allylic oxidation sites excluding steroid dienone is 1. The monoisotopic (exact) mass is 501 g/mol. The van der Waals surface area contributed by atoms with Crippen molar-refractivity contribution in [3.8, 4) is 5.75 Å². The molecule has 0 aliphatic carbocycles. The molecule has 1 aliphatic heterocycles. The van der Waals surface area contributed by atoms with E-state index in [4.69, 9.17) is 4.74 Å². The van der Waals surface area contributed by atoms with E-state index in [1.807, 2.05) is 45.3 Å². The molecule has 7 nitrogen and oxygen atoms in total. The average Bonchev–Trinajstić information content (AvgIpc) is 2.85. The molecule has 0 atom stereocenters. The van der Waals surface area contributed by atoms with Crippen molar-refractivity contribution < 1.29 is 18.3 Å². The van der Waals surface area contributed by atoms with E-state index in [-0.39, 0.29) is 17.1 Å². The molecule has 2 aromatic carbocycles. The standard InChI is InChI=1S/C25H29F2N5O2S/c1-5-10-31-23(30-24(33)15-32(31)18-12-19(26)25(35)20(27)13-18)9-7-17-6-8-21(22(11-17)34-4)29-14-16(2)28-3/h6-9,11-14,28-29,35H,5,10,15H2,1-4H3/b9-7+,16-14-. The van der Waals surface area contributed by atoms with E-state index in [2.05, 4.69) is 28.3 Å². The van der Waals surface area contributed by atoms with Gasteiger partial charge in [-0.05, 0) is 37.1 Å². The van der Waals surface area contributed by atoms with Crippen molar-refractivity contribution in [2.24, 2.45) is 4.99 Å². The van der Waals surface area contributed by atoms with Crippen LogP contribution in [0.4, 0.5) is 20.2 Å². The number of amidine groups is 1. The van der Waals surface area contributed by atoms with Gasteiger partial charge >= 0.3 is 0 Å². The summed E-state index contributed by atoms with van der Waals surface area (Å²) in [5, 5.41) is 9.49. The first kappa shape index (κ1) is 26.1. The molecule has 0 radical (unpaired) electrons. The second-order valence-corrected chi connectivity index (χ2v) is 8.26. The quantitative estimate of drug-likeness (QED) is 0.427. The number of anilines is 2. The van der Waals surface area contributed by atoms with E-state index in [0.717, 1.165) is 35.5 Å². The van der Waals surface area contributed by atoms with Crippen molar-refractivity contribution >= 4 is 41.8 Å². The van der Waals surface area contributed by atoms with Crippen LogP contribution in [0.15, 0.2) is 58.2 Å². The first-order valence-electron chi connectivity index (χ1n) is 11.1. The Hall–Kier alpha value is -3.53. The van der Waals surface area contributed by atoms with Crippen molar-refractivity contribution in [3.63, 3.8) is 0 Å². The summed E-state index contributed by atoms with van der Waals surface area (Å²) >= 11 is 3.84. The number of rotatable bonds is 9. The van der Waals surface area contributed by atoms with Crippen LogP contribution in [-0.2, 0) is 4.79 Å². The maximum Gasteiger partial charge on any atom is 0.269 e. The van der Waals surface area contributed by atoms with E-state index in [0.29, 0.717) is 18.1 Å². The van der Waals surface area contributed by atoms with Crippen LogP contribution in [-0.4, -0.2) is 44.0 Å². The summed E-state index contributed by atoms with van der Waals surface area (Å²) in [5.41, 5.74) is 2.78. The Morgan fingerprint density at radius 2 is 1.94 bits per heavy atom. The van der Waals surface area contributed by atoms with Gasteiger partial charge in [0.2, 0.25) is 0 Å². The number of benzene rings is 2. The van der Waals surface area contributed by atoms with Gasteiger partial charge in [-0.15, -0.1) is 12.6 Å². The van der Waals surface area contributed by atoms with Gasteiger partial charge in [-0.3, -0.25) is 14.8 Å². The zero-order valence-corrected chi connectivity index (χ0v) is 21.0. The van der Waals surface area contributed by atoms with Crippen molar-refractivity contribution in [1.82, 2.24) is 10.3 Å². The lowest BCUT2D eigenvalue weighted by molar-refractivity contribution is -0.117. The third kappa shape index (κ3) is 6.33. The highest BCUT2D eigenvalue weighted by molar-refractivity contribution is 7.80. The predicted molar refractivity (Wildman–Crippen MR) is 139 cm³/mol. The lowest BCUT2D eigenvalue weighted by Crippen LogP contribution is -2.52. The smallest absolute Gasteiger partial charge is 0.269 e. The Morgan fingerprint density at radius 3 is 2.57 bits per heavy atom. The minimum Gasteiger partial charge on any atom is -0.495 e. The summed E-state index contributed by atoms with van der Waals surface area (Å²) in [6.07, 6.45) is 6.06. The number of hydrogen-bond donors (Lipinski definition) is 3. The molecule has 1 heterocycles. The van der Waals surface area contributed by atoms with Gasteiger partial charge in [0, 0.05) is 37.6 Å². The molecule has 0 bridgehead atoms. The van der Waals surface area contributed by atoms with Crippen LogP contribution in [0.3, 0.4) is 0 Å². The molecule has 1 aliphatic rings. The highest BCUT2D eigenvalue weighted by Gasteiger charge is 2.27. The predicted octanol–water partition coefficient (Wildman–Crippen LogP) is 4.84. The number of amides is 1. The lowest BCUT2D eigenvalue weighted by Gasteiger charge is -2.39. The molecule has 10 heteroatoms. The van der Waals surface area contributed by atoms with Crippen LogP contribution in [0, 0.1) is 11.6 Å². The first-order valence-corrected chi connectivity index (χ1v) is 11.5. The van der Waals surface area contributed by atoms with Crippen LogP contribution >= 0.6 is 12.6 Å². The number of halogens is 2. The molecule has 3 rings (SSSR count). The Labute approximate surface area is 209 Å². The van der Waals surface area contributed by atoms with E-state index in [1.54, 1.807) is 24.3 Å². The maximum absolute atomic E-state index is 14.2. The van der Waals surface area contributed by atoms with Gasteiger partial charge in [-0.25, -0.2) is 8.78 Å². The minimum atomic E-state index is -0.799. The second-order valence-electron chi connectivity index (χ2n) is 7.82. The molecule has 0 spiro atoms. The number of ether oxygens (including phenoxy) is 1.